The maximum absolute atomic E-state index is 13.3. The second-order valence-electron chi connectivity index (χ2n) is 6.12. The van der Waals surface area contributed by atoms with Crippen molar-refractivity contribution < 1.29 is 9.50 Å². The summed E-state index contributed by atoms with van der Waals surface area (Å²) in [5, 5.41) is 21.9. The number of nitrogens with zero attached hydrogens (tertiary/aromatic N) is 2. The van der Waals surface area contributed by atoms with Crippen LogP contribution in [0.1, 0.15) is 6.92 Å². The van der Waals surface area contributed by atoms with Gasteiger partial charge >= 0.3 is 0 Å². The number of halogens is 1. The highest BCUT2D eigenvalue weighted by Crippen LogP contribution is 2.25. The molecule has 3 aromatic rings. The Morgan fingerprint density at radius 1 is 1.12 bits per heavy atom. The van der Waals surface area contributed by atoms with E-state index in [0.29, 0.717) is 6.54 Å². The van der Waals surface area contributed by atoms with Crippen LogP contribution in [-0.2, 0) is 0 Å². The maximum Gasteiger partial charge on any atom is 0.122 e. The fraction of sp³-hybridized carbons (Fsp3) is 0.316. The summed E-state index contributed by atoms with van der Waals surface area (Å²) in [5.41, 5.74) is 1.31. The molecule has 6 heteroatoms. The van der Waals surface area contributed by atoms with E-state index >= 15 is 0 Å². The van der Waals surface area contributed by atoms with Crippen LogP contribution >= 0.6 is 0 Å². The third-order valence-corrected chi connectivity index (χ3v) is 4.18. The van der Waals surface area contributed by atoms with Crippen LogP contribution in [0.4, 0.5) is 10.1 Å². The van der Waals surface area contributed by atoms with Gasteiger partial charge in [0.05, 0.1) is 17.4 Å². The largest absolute Gasteiger partial charge is 0.384 e. The molecule has 25 heavy (non-hydrogen) atoms. The number of hydrogen-bond acceptors (Lipinski definition) is 4. The molecule has 0 spiro atoms. The van der Waals surface area contributed by atoms with E-state index in [1.807, 2.05) is 60.1 Å². The van der Waals surface area contributed by atoms with E-state index < -0.39 is 12.3 Å². The minimum Gasteiger partial charge on any atom is -0.384 e. The number of para-hydroxylation sites is 1. The van der Waals surface area contributed by atoms with Crippen molar-refractivity contribution in [2.75, 3.05) is 31.6 Å². The summed E-state index contributed by atoms with van der Waals surface area (Å²) in [6, 6.07) is 15.7. The molecule has 0 aliphatic heterocycles. The number of hydrogen-bond donors (Lipinski definition) is 3. The number of likely N-dealkylation sites (N-methyl/N-ethyl adjacent to an activating group) is 1. The summed E-state index contributed by atoms with van der Waals surface area (Å²) < 4.78 is 15.1. The molecule has 0 aliphatic rings. The fourth-order valence-corrected chi connectivity index (χ4v) is 2.75. The smallest absolute Gasteiger partial charge is 0.122 e. The van der Waals surface area contributed by atoms with Gasteiger partial charge in [0, 0.05) is 24.2 Å². The van der Waals surface area contributed by atoms with Crippen molar-refractivity contribution >= 4 is 16.6 Å². The van der Waals surface area contributed by atoms with Gasteiger partial charge in [-0.25, -0.2) is 9.07 Å². The van der Waals surface area contributed by atoms with Crippen LogP contribution in [0.3, 0.4) is 0 Å². The molecule has 1 aromatic heterocycles. The molecule has 0 aliphatic carbocycles. The van der Waals surface area contributed by atoms with Crippen LogP contribution in [0.15, 0.2) is 54.7 Å². The maximum atomic E-state index is 13.3. The summed E-state index contributed by atoms with van der Waals surface area (Å²) in [6.45, 7) is 2.11. The molecule has 0 fully saturated rings. The van der Waals surface area contributed by atoms with E-state index in [-0.39, 0.29) is 13.1 Å². The molecule has 132 valence electrons. The zero-order valence-corrected chi connectivity index (χ0v) is 14.2. The van der Waals surface area contributed by atoms with Gasteiger partial charge in [0.25, 0.3) is 0 Å². The van der Waals surface area contributed by atoms with Gasteiger partial charge in [-0.3, -0.25) is 0 Å². The molecule has 0 saturated carbocycles. The Kier molecular flexibility index (Phi) is 5.31. The summed E-state index contributed by atoms with van der Waals surface area (Å²) in [4.78, 5) is 0. The fourth-order valence-electron chi connectivity index (χ4n) is 2.75. The monoisotopic (exact) mass is 342 g/mol. The number of alkyl halides is 1. The van der Waals surface area contributed by atoms with Gasteiger partial charge < -0.3 is 15.7 Å². The first-order chi connectivity index (χ1) is 12.2. The number of benzene rings is 2. The number of aliphatic hydroxyl groups is 1. The van der Waals surface area contributed by atoms with E-state index in [0.717, 1.165) is 22.3 Å². The molecule has 2 aromatic carbocycles. The average molecular weight is 342 g/mol. The zero-order chi connectivity index (χ0) is 17.7. The van der Waals surface area contributed by atoms with Gasteiger partial charge in [0.15, 0.2) is 0 Å². The Hall–Kier alpha value is -2.44. The third-order valence-electron chi connectivity index (χ3n) is 4.18. The second-order valence-corrected chi connectivity index (χ2v) is 6.12. The standard InChI is InChI=1S/C19H23FN4O/c1-2-21-13-19(25,12-20)14-22-17-9-6-10-18-16(17)11-23-24(18)15-7-4-3-5-8-15/h3-11,21-22,25H,2,12-14H2,1H3. The molecule has 0 bridgehead atoms. The van der Waals surface area contributed by atoms with E-state index in [1.165, 1.54) is 0 Å². The number of aromatic nitrogens is 2. The minimum absolute atomic E-state index is 0.117. The predicted octanol–water partition coefficient (Wildman–Crippen LogP) is 2.75. The Bertz CT molecular complexity index is 821. The number of nitrogens with one attached hydrogen (secondary N) is 2. The van der Waals surface area contributed by atoms with Gasteiger partial charge in [0.1, 0.15) is 12.3 Å². The highest BCUT2D eigenvalue weighted by Gasteiger charge is 2.26. The van der Waals surface area contributed by atoms with Crippen LogP contribution in [-0.4, -0.2) is 46.8 Å². The van der Waals surface area contributed by atoms with Crippen molar-refractivity contribution in [2.45, 2.75) is 12.5 Å². The van der Waals surface area contributed by atoms with E-state index in [9.17, 15) is 9.50 Å². The van der Waals surface area contributed by atoms with E-state index in [4.69, 9.17) is 0 Å². The minimum atomic E-state index is -1.44. The van der Waals surface area contributed by atoms with Crippen molar-refractivity contribution in [2.24, 2.45) is 0 Å². The Morgan fingerprint density at radius 2 is 1.92 bits per heavy atom. The average Bonchev–Trinajstić information content (AvgIpc) is 3.10. The normalized spacial score (nSPS) is 13.7. The van der Waals surface area contributed by atoms with Crippen molar-refractivity contribution in [3.05, 3.63) is 54.7 Å². The summed E-state index contributed by atoms with van der Waals surface area (Å²) in [5.74, 6) is 0. The second kappa shape index (κ2) is 7.63. The first-order valence-electron chi connectivity index (χ1n) is 8.42. The van der Waals surface area contributed by atoms with Crippen LogP contribution in [0.25, 0.3) is 16.6 Å². The van der Waals surface area contributed by atoms with Crippen LogP contribution in [0.2, 0.25) is 0 Å². The van der Waals surface area contributed by atoms with Gasteiger partial charge in [-0.05, 0) is 30.8 Å². The first-order valence-corrected chi connectivity index (χ1v) is 8.42. The predicted molar refractivity (Wildman–Crippen MR) is 99.0 cm³/mol. The van der Waals surface area contributed by atoms with Crippen molar-refractivity contribution in [1.29, 1.82) is 0 Å². The molecular weight excluding hydrogens is 319 g/mol. The first kappa shape index (κ1) is 17.4. The van der Waals surface area contributed by atoms with Crippen LogP contribution < -0.4 is 10.6 Å². The lowest BCUT2D eigenvalue weighted by Crippen LogP contribution is -2.48. The molecule has 1 unspecified atom stereocenters. The van der Waals surface area contributed by atoms with E-state index in [2.05, 4.69) is 15.7 Å². The molecule has 5 nitrogen and oxygen atoms in total. The molecule has 1 heterocycles. The molecule has 3 N–H and O–H groups in total. The number of rotatable bonds is 8. The van der Waals surface area contributed by atoms with Gasteiger partial charge in [-0.15, -0.1) is 0 Å². The van der Waals surface area contributed by atoms with Crippen LogP contribution in [0, 0.1) is 0 Å². The topological polar surface area (TPSA) is 62.1 Å². The molecule has 0 radical (unpaired) electrons. The summed E-state index contributed by atoms with van der Waals surface area (Å²) in [6.07, 6.45) is 1.78. The van der Waals surface area contributed by atoms with Crippen molar-refractivity contribution in [1.82, 2.24) is 15.1 Å². The Morgan fingerprint density at radius 3 is 2.64 bits per heavy atom. The lowest BCUT2D eigenvalue weighted by Gasteiger charge is -2.26. The number of anilines is 1. The lowest BCUT2D eigenvalue weighted by molar-refractivity contribution is 0.0287. The van der Waals surface area contributed by atoms with Crippen molar-refractivity contribution in [3.63, 3.8) is 0 Å². The quantitative estimate of drug-likeness (QED) is 0.589. The SMILES string of the molecule is CCNCC(O)(CF)CNc1cccc2c1cnn2-c1ccccc1. The molecule has 0 saturated heterocycles. The third kappa shape index (κ3) is 3.81. The lowest BCUT2D eigenvalue weighted by atomic mass is 10.1. The van der Waals surface area contributed by atoms with E-state index in [1.54, 1.807) is 6.20 Å². The summed E-state index contributed by atoms with van der Waals surface area (Å²) >= 11 is 0. The molecule has 3 rings (SSSR count). The van der Waals surface area contributed by atoms with Gasteiger partial charge in [-0.2, -0.15) is 5.10 Å². The molecular formula is C19H23FN4O. The highest BCUT2D eigenvalue weighted by molar-refractivity contribution is 5.92. The van der Waals surface area contributed by atoms with Crippen molar-refractivity contribution in [3.8, 4) is 5.69 Å². The highest BCUT2D eigenvalue weighted by atomic mass is 19.1. The Labute approximate surface area is 146 Å². The summed E-state index contributed by atoms with van der Waals surface area (Å²) in [7, 11) is 0. The molecule has 0 amide bonds. The van der Waals surface area contributed by atoms with Crippen LogP contribution in [0.5, 0.6) is 0 Å². The molecule has 1 atom stereocenters. The Balaban J connectivity index is 1.85. The number of fused-ring (bicyclic) bond motifs is 1. The van der Waals surface area contributed by atoms with Gasteiger partial charge in [0.2, 0.25) is 0 Å². The zero-order valence-electron chi connectivity index (χ0n) is 14.2. The van der Waals surface area contributed by atoms with Gasteiger partial charge in [-0.1, -0.05) is 31.2 Å².